The summed E-state index contributed by atoms with van der Waals surface area (Å²) < 4.78 is 0. The van der Waals surface area contributed by atoms with Gasteiger partial charge in [-0.05, 0) is 50.2 Å². The number of carbonyl (C=O) groups is 1. The number of aliphatic hydroxyl groups is 1. The number of aliphatic hydroxyl groups excluding tert-OH is 1. The van der Waals surface area contributed by atoms with Crippen molar-refractivity contribution >= 4 is 17.2 Å². The number of nitrogens with one attached hydrogen (secondary N) is 1. The molecular formula is C14H21NO2S. The minimum absolute atomic E-state index is 0.00278. The number of hydrogen-bond donors (Lipinski definition) is 2. The van der Waals surface area contributed by atoms with Crippen LogP contribution < -0.4 is 5.32 Å². The second-order valence-corrected chi connectivity index (χ2v) is 6.43. The van der Waals surface area contributed by atoms with Gasteiger partial charge in [0.1, 0.15) is 0 Å². The molecule has 2 N–H and O–H groups in total. The van der Waals surface area contributed by atoms with Crippen molar-refractivity contribution in [2.45, 2.75) is 45.6 Å². The van der Waals surface area contributed by atoms with Crippen LogP contribution >= 0.6 is 11.3 Å². The van der Waals surface area contributed by atoms with Crippen LogP contribution in [-0.4, -0.2) is 23.7 Å². The summed E-state index contributed by atoms with van der Waals surface area (Å²) in [5, 5.41) is 11.8. The molecule has 0 saturated heterocycles. The molecule has 2 rings (SSSR count). The Labute approximate surface area is 112 Å². The summed E-state index contributed by atoms with van der Waals surface area (Å²) in [6.07, 6.45) is 4.05. The van der Waals surface area contributed by atoms with Crippen LogP contribution in [0.1, 0.15) is 46.8 Å². The van der Waals surface area contributed by atoms with Gasteiger partial charge in [0.2, 0.25) is 0 Å². The fourth-order valence-corrected chi connectivity index (χ4v) is 3.49. The van der Waals surface area contributed by atoms with Crippen LogP contribution in [0.4, 0.5) is 0 Å². The Hall–Kier alpha value is -0.870. The minimum Gasteiger partial charge on any atom is -0.396 e. The van der Waals surface area contributed by atoms with Gasteiger partial charge >= 0.3 is 0 Å². The zero-order valence-electron chi connectivity index (χ0n) is 11.0. The number of thiophene rings is 1. The highest BCUT2D eigenvalue weighted by Gasteiger charge is 2.21. The highest BCUT2D eigenvalue weighted by molar-refractivity contribution is 7.14. The first-order valence-electron chi connectivity index (χ1n) is 6.63. The first kappa shape index (κ1) is 13.6. The van der Waals surface area contributed by atoms with E-state index < -0.39 is 0 Å². The standard InChI is InChI=1S/C14H21NO2S/c1-9-3-4-12-11(7-9)8-13(18-12)14(17)15-10(2)5-6-16/h8-10,16H,3-7H2,1-2H3,(H,15,17)/t9?,10-/m1/s1. The predicted molar refractivity (Wildman–Crippen MR) is 74.1 cm³/mol. The lowest BCUT2D eigenvalue weighted by Gasteiger charge is -2.16. The number of hydrogen-bond acceptors (Lipinski definition) is 3. The second kappa shape index (κ2) is 5.85. The largest absolute Gasteiger partial charge is 0.396 e. The topological polar surface area (TPSA) is 49.3 Å². The first-order valence-corrected chi connectivity index (χ1v) is 7.45. The van der Waals surface area contributed by atoms with Crippen LogP contribution in [0.15, 0.2) is 6.07 Å². The van der Waals surface area contributed by atoms with Gasteiger partial charge in [0, 0.05) is 17.5 Å². The maximum atomic E-state index is 12.0. The third-order valence-electron chi connectivity index (χ3n) is 3.49. The Kier molecular flexibility index (Phi) is 4.40. The van der Waals surface area contributed by atoms with Crippen LogP contribution in [0, 0.1) is 5.92 Å². The molecule has 1 aliphatic rings. The molecule has 1 aromatic rings. The van der Waals surface area contributed by atoms with Crippen molar-refractivity contribution in [1.29, 1.82) is 0 Å². The minimum atomic E-state index is 0.00278. The normalized spacial score (nSPS) is 20.3. The third-order valence-corrected chi connectivity index (χ3v) is 4.73. The zero-order chi connectivity index (χ0) is 13.1. The Bertz CT molecular complexity index is 427. The molecule has 1 heterocycles. The predicted octanol–water partition coefficient (Wildman–Crippen LogP) is 2.37. The van der Waals surface area contributed by atoms with E-state index in [0.29, 0.717) is 6.42 Å². The van der Waals surface area contributed by atoms with Crippen molar-refractivity contribution in [3.63, 3.8) is 0 Å². The van der Waals surface area contributed by atoms with E-state index in [1.807, 2.05) is 6.92 Å². The average Bonchev–Trinajstić information content (AvgIpc) is 2.72. The van der Waals surface area contributed by atoms with E-state index in [1.54, 1.807) is 11.3 Å². The van der Waals surface area contributed by atoms with Gasteiger partial charge < -0.3 is 10.4 Å². The lowest BCUT2D eigenvalue weighted by atomic mass is 9.90. The van der Waals surface area contributed by atoms with E-state index in [4.69, 9.17) is 5.11 Å². The van der Waals surface area contributed by atoms with Gasteiger partial charge in [0.25, 0.3) is 5.91 Å². The molecule has 4 heteroatoms. The Balaban J connectivity index is 2.03. The van der Waals surface area contributed by atoms with Crippen molar-refractivity contribution < 1.29 is 9.90 Å². The number of fused-ring (bicyclic) bond motifs is 1. The van der Waals surface area contributed by atoms with E-state index in [2.05, 4.69) is 18.3 Å². The van der Waals surface area contributed by atoms with Crippen LogP contribution in [0.25, 0.3) is 0 Å². The summed E-state index contributed by atoms with van der Waals surface area (Å²) in [4.78, 5) is 14.2. The fourth-order valence-electron chi connectivity index (χ4n) is 2.38. The van der Waals surface area contributed by atoms with E-state index >= 15 is 0 Å². The van der Waals surface area contributed by atoms with Crippen molar-refractivity contribution in [3.8, 4) is 0 Å². The number of carbonyl (C=O) groups excluding carboxylic acids is 1. The van der Waals surface area contributed by atoms with Gasteiger partial charge in [0.05, 0.1) is 4.88 Å². The summed E-state index contributed by atoms with van der Waals surface area (Å²) in [6, 6.07) is 2.08. The highest BCUT2D eigenvalue weighted by Crippen LogP contribution is 2.32. The van der Waals surface area contributed by atoms with Gasteiger partial charge in [-0.2, -0.15) is 0 Å². The molecule has 18 heavy (non-hydrogen) atoms. The van der Waals surface area contributed by atoms with Gasteiger partial charge in [-0.1, -0.05) is 6.92 Å². The molecule has 0 fully saturated rings. The van der Waals surface area contributed by atoms with Crippen molar-refractivity contribution in [2.75, 3.05) is 6.61 Å². The molecule has 1 amide bonds. The summed E-state index contributed by atoms with van der Waals surface area (Å²) >= 11 is 1.63. The van der Waals surface area contributed by atoms with Crippen LogP contribution in [0.2, 0.25) is 0 Å². The second-order valence-electron chi connectivity index (χ2n) is 5.29. The Morgan fingerprint density at radius 2 is 2.44 bits per heavy atom. The Morgan fingerprint density at radius 3 is 3.17 bits per heavy atom. The fraction of sp³-hybridized carbons (Fsp3) is 0.643. The summed E-state index contributed by atoms with van der Waals surface area (Å²) in [7, 11) is 0. The zero-order valence-corrected chi connectivity index (χ0v) is 11.8. The van der Waals surface area contributed by atoms with Crippen LogP contribution in [0.3, 0.4) is 0 Å². The van der Waals surface area contributed by atoms with Crippen LogP contribution in [0.5, 0.6) is 0 Å². The SMILES string of the molecule is CC1CCc2sc(C(=O)N[C@H](C)CCO)cc2C1. The molecule has 0 saturated carbocycles. The number of aryl methyl sites for hydroxylation is 1. The molecule has 1 aliphatic carbocycles. The molecule has 0 spiro atoms. The molecule has 0 radical (unpaired) electrons. The maximum absolute atomic E-state index is 12.0. The molecule has 1 aromatic heterocycles. The van der Waals surface area contributed by atoms with Gasteiger partial charge in [-0.3, -0.25) is 4.79 Å². The number of rotatable bonds is 4. The lowest BCUT2D eigenvalue weighted by Crippen LogP contribution is -2.32. The molecular weight excluding hydrogens is 246 g/mol. The van der Waals surface area contributed by atoms with E-state index in [9.17, 15) is 4.79 Å². The lowest BCUT2D eigenvalue weighted by molar-refractivity contribution is 0.0938. The van der Waals surface area contributed by atoms with Gasteiger partial charge in [0.15, 0.2) is 0 Å². The maximum Gasteiger partial charge on any atom is 0.261 e. The summed E-state index contributed by atoms with van der Waals surface area (Å²) in [5.74, 6) is 0.735. The van der Waals surface area contributed by atoms with Crippen molar-refractivity contribution in [2.24, 2.45) is 5.92 Å². The van der Waals surface area contributed by atoms with Crippen molar-refractivity contribution in [3.05, 3.63) is 21.4 Å². The third kappa shape index (κ3) is 3.12. The smallest absolute Gasteiger partial charge is 0.261 e. The Morgan fingerprint density at radius 1 is 1.67 bits per heavy atom. The van der Waals surface area contributed by atoms with Gasteiger partial charge in [-0.15, -0.1) is 11.3 Å². The monoisotopic (exact) mass is 267 g/mol. The highest BCUT2D eigenvalue weighted by atomic mass is 32.1. The number of amides is 1. The molecule has 0 bridgehead atoms. The van der Waals surface area contributed by atoms with Crippen molar-refractivity contribution in [1.82, 2.24) is 5.32 Å². The quantitative estimate of drug-likeness (QED) is 0.880. The van der Waals surface area contributed by atoms with E-state index in [0.717, 1.165) is 23.6 Å². The molecule has 3 nitrogen and oxygen atoms in total. The van der Waals surface area contributed by atoms with E-state index in [1.165, 1.54) is 16.9 Å². The van der Waals surface area contributed by atoms with Gasteiger partial charge in [-0.25, -0.2) is 0 Å². The summed E-state index contributed by atoms with van der Waals surface area (Å²) in [6.45, 7) is 4.30. The molecule has 2 atom stereocenters. The summed E-state index contributed by atoms with van der Waals surface area (Å²) in [5.41, 5.74) is 1.36. The van der Waals surface area contributed by atoms with E-state index in [-0.39, 0.29) is 18.6 Å². The molecule has 0 aliphatic heterocycles. The molecule has 0 aromatic carbocycles. The average molecular weight is 267 g/mol. The first-order chi connectivity index (χ1) is 8.60. The van der Waals surface area contributed by atoms with Crippen LogP contribution in [-0.2, 0) is 12.8 Å². The molecule has 1 unspecified atom stereocenters. The molecule has 100 valence electrons.